The third-order valence-corrected chi connectivity index (χ3v) is 3.67. The first-order valence-corrected chi connectivity index (χ1v) is 7.06. The smallest absolute Gasteiger partial charge is 0.305 e. The van der Waals surface area contributed by atoms with Crippen molar-refractivity contribution >= 4 is 11.8 Å². The molecule has 0 N–H and O–H groups in total. The van der Waals surface area contributed by atoms with Crippen molar-refractivity contribution in [2.24, 2.45) is 0 Å². The summed E-state index contributed by atoms with van der Waals surface area (Å²) in [5.74, 6) is 0.102. The molecule has 0 radical (unpaired) electrons. The lowest BCUT2D eigenvalue weighted by molar-refractivity contribution is -0.140. The second kappa shape index (κ2) is 7.04. The molecule has 3 nitrogen and oxygen atoms in total. The molecule has 0 spiro atoms. The number of Topliss-reactive ketones (excluding diaryl/α,β-unsaturated/α-hetero) is 1. The van der Waals surface area contributed by atoms with E-state index in [9.17, 15) is 9.59 Å². The number of rotatable bonds is 6. The van der Waals surface area contributed by atoms with Crippen molar-refractivity contribution in [3.8, 4) is 0 Å². The molecule has 0 heterocycles. The Kier molecular flexibility index (Phi) is 5.10. The molecule has 0 amide bonds. The number of carbonyl (C=O) groups is 2. The third kappa shape index (κ3) is 3.80. The average Bonchev–Trinajstić information content (AvgIpc) is 2.86. The van der Waals surface area contributed by atoms with Crippen molar-refractivity contribution in [3.05, 3.63) is 47.0 Å². The number of carbonyl (C=O) groups excluding carboxylic acids is 2. The monoisotopic (exact) mass is 272 g/mol. The minimum atomic E-state index is -0.170. The van der Waals surface area contributed by atoms with Gasteiger partial charge < -0.3 is 4.74 Å². The molecule has 0 unspecified atom stereocenters. The number of hydrogen-bond donors (Lipinski definition) is 0. The molecule has 0 fully saturated rings. The van der Waals surface area contributed by atoms with E-state index in [0.29, 0.717) is 19.3 Å². The van der Waals surface area contributed by atoms with Crippen molar-refractivity contribution in [1.82, 2.24) is 0 Å². The van der Waals surface area contributed by atoms with Gasteiger partial charge in [-0.15, -0.1) is 0 Å². The zero-order chi connectivity index (χ0) is 14.4. The first-order chi connectivity index (χ1) is 9.70. The van der Waals surface area contributed by atoms with E-state index in [-0.39, 0.29) is 11.8 Å². The van der Waals surface area contributed by atoms with E-state index >= 15 is 0 Å². The summed E-state index contributed by atoms with van der Waals surface area (Å²) in [6, 6.07) is 8.15. The summed E-state index contributed by atoms with van der Waals surface area (Å²) in [6.45, 7) is 0. The first-order valence-electron chi connectivity index (χ1n) is 7.06. The fourth-order valence-corrected chi connectivity index (χ4v) is 2.53. The number of benzene rings is 1. The molecule has 1 aliphatic carbocycles. The minimum absolute atomic E-state index is 0.170. The molecule has 0 saturated carbocycles. The molecule has 1 aromatic rings. The lowest BCUT2D eigenvalue weighted by atomic mass is 9.96. The number of aryl methyl sites for hydroxylation is 1. The molecule has 1 aromatic carbocycles. The number of esters is 1. The third-order valence-electron chi connectivity index (χ3n) is 3.67. The van der Waals surface area contributed by atoms with E-state index in [1.54, 1.807) is 0 Å². The van der Waals surface area contributed by atoms with Crippen LogP contribution >= 0.6 is 0 Å². The predicted molar refractivity (Wildman–Crippen MR) is 77.4 cm³/mol. The summed E-state index contributed by atoms with van der Waals surface area (Å²) in [7, 11) is 1.41. The van der Waals surface area contributed by atoms with Gasteiger partial charge in [0.1, 0.15) is 0 Å². The lowest BCUT2D eigenvalue weighted by Gasteiger charge is -2.09. The summed E-state index contributed by atoms with van der Waals surface area (Å²) in [6.07, 6.45) is 6.34. The molecule has 1 aliphatic rings. The Morgan fingerprint density at radius 3 is 2.65 bits per heavy atom. The van der Waals surface area contributed by atoms with Gasteiger partial charge in [0.05, 0.1) is 7.11 Å². The van der Waals surface area contributed by atoms with Crippen molar-refractivity contribution < 1.29 is 14.3 Å². The highest BCUT2D eigenvalue weighted by Gasteiger charge is 2.16. The van der Waals surface area contributed by atoms with Crippen LogP contribution in [-0.4, -0.2) is 18.9 Å². The van der Waals surface area contributed by atoms with E-state index < -0.39 is 0 Å². The van der Waals surface area contributed by atoms with E-state index in [2.05, 4.69) is 16.9 Å². The summed E-state index contributed by atoms with van der Waals surface area (Å²) < 4.78 is 4.65. The van der Waals surface area contributed by atoms with Crippen LogP contribution in [0.1, 0.15) is 36.8 Å². The molecule has 0 atom stereocenters. The molecule has 3 heteroatoms. The van der Waals surface area contributed by atoms with Gasteiger partial charge in [0, 0.05) is 19.3 Å². The van der Waals surface area contributed by atoms with Crippen LogP contribution < -0.4 is 0 Å². The van der Waals surface area contributed by atoms with Gasteiger partial charge in [-0.2, -0.15) is 0 Å². The van der Waals surface area contributed by atoms with Crippen molar-refractivity contribution in [3.63, 3.8) is 0 Å². The molecular formula is C17H20O3. The van der Waals surface area contributed by atoms with Gasteiger partial charge in [-0.25, -0.2) is 0 Å². The van der Waals surface area contributed by atoms with Crippen LogP contribution in [0.4, 0.5) is 0 Å². The van der Waals surface area contributed by atoms with Gasteiger partial charge in [-0.1, -0.05) is 30.3 Å². The number of hydrogen-bond acceptors (Lipinski definition) is 3. The van der Waals surface area contributed by atoms with Gasteiger partial charge >= 0.3 is 5.97 Å². The predicted octanol–water partition coefficient (Wildman–Crippen LogP) is 3.01. The summed E-state index contributed by atoms with van der Waals surface area (Å²) in [5, 5.41) is 0. The molecular weight excluding hydrogens is 252 g/mol. The number of allylic oxidation sites excluding steroid dienone is 2. The Morgan fingerprint density at radius 2 is 2.00 bits per heavy atom. The van der Waals surface area contributed by atoms with Crippen molar-refractivity contribution in [1.29, 1.82) is 0 Å². The Morgan fingerprint density at radius 1 is 1.25 bits per heavy atom. The van der Waals surface area contributed by atoms with Crippen molar-refractivity contribution in [2.75, 3.05) is 7.11 Å². The van der Waals surface area contributed by atoms with Crippen LogP contribution in [0.2, 0.25) is 0 Å². The maximum absolute atomic E-state index is 11.7. The van der Waals surface area contributed by atoms with Crippen LogP contribution in [0.5, 0.6) is 0 Å². The van der Waals surface area contributed by atoms with Crippen LogP contribution in [0.3, 0.4) is 0 Å². The summed E-state index contributed by atoms with van der Waals surface area (Å²) in [5.41, 5.74) is 3.35. The Hall–Kier alpha value is -1.90. The Bertz CT molecular complexity index is 529. The van der Waals surface area contributed by atoms with Crippen molar-refractivity contribution in [2.45, 2.75) is 38.5 Å². The number of ketones is 1. The highest BCUT2D eigenvalue weighted by molar-refractivity contribution is 5.97. The second-order valence-corrected chi connectivity index (χ2v) is 5.07. The van der Waals surface area contributed by atoms with Gasteiger partial charge in [0.2, 0.25) is 0 Å². The van der Waals surface area contributed by atoms with Crippen LogP contribution in [0, 0.1) is 0 Å². The van der Waals surface area contributed by atoms with Crippen LogP contribution in [0.15, 0.2) is 35.9 Å². The molecule has 106 valence electrons. The minimum Gasteiger partial charge on any atom is -0.469 e. The molecule has 0 saturated heterocycles. The summed E-state index contributed by atoms with van der Waals surface area (Å²) >= 11 is 0. The quantitative estimate of drug-likeness (QED) is 0.748. The Balaban J connectivity index is 1.99. The Labute approximate surface area is 119 Å². The summed E-state index contributed by atoms with van der Waals surface area (Å²) in [4.78, 5) is 22.8. The SMILES string of the molecule is COC(=O)CCCc1ccccc1CC1=CCCC1=O. The maximum Gasteiger partial charge on any atom is 0.305 e. The first kappa shape index (κ1) is 14.5. The number of ether oxygens (including phenoxy) is 1. The normalized spacial score (nSPS) is 14.2. The molecule has 0 aromatic heterocycles. The highest BCUT2D eigenvalue weighted by atomic mass is 16.5. The standard InChI is InChI=1S/C17H20O3/c1-20-17(19)11-5-8-13-6-2-3-7-14(13)12-15-9-4-10-16(15)18/h2-3,6-7,9H,4-5,8,10-12H2,1H3. The maximum atomic E-state index is 11.7. The van der Waals surface area contributed by atoms with E-state index in [1.807, 2.05) is 18.2 Å². The van der Waals surface area contributed by atoms with Gasteiger partial charge in [-0.05, 0) is 36.0 Å². The second-order valence-electron chi connectivity index (χ2n) is 5.07. The largest absolute Gasteiger partial charge is 0.469 e. The van der Waals surface area contributed by atoms with Crippen LogP contribution in [0.25, 0.3) is 0 Å². The molecule has 2 rings (SSSR count). The molecule has 0 aliphatic heterocycles. The molecule has 20 heavy (non-hydrogen) atoms. The topological polar surface area (TPSA) is 43.4 Å². The van der Waals surface area contributed by atoms with Gasteiger partial charge in [0.25, 0.3) is 0 Å². The van der Waals surface area contributed by atoms with E-state index in [0.717, 1.165) is 24.8 Å². The number of methoxy groups -OCH3 is 1. The van der Waals surface area contributed by atoms with Gasteiger partial charge in [0.15, 0.2) is 5.78 Å². The fraction of sp³-hybridized carbons (Fsp3) is 0.412. The fourth-order valence-electron chi connectivity index (χ4n) is 2.53. The lowest BCUT2D eigenvalue weighted by Crippen LogP contribution is -2.04. The van der Waals surface area contributed by atoms with E-state index in [4.69, 9.17) is 0 Å². The highest BCUT2D eigenvalue weighted by Crippen LogP contribution is 2.21. The average molecular weight is 272 g/mol. The zero-order valence-electron chi connectivity index (χ0n) is 11.9. The van der Waals surface area contributed by atoms with E-state index in [1.165, 1.54) is 18.2 Å². The van der Waals surface area contributed by atoms with Crippen LogP contribution in [-0.2, 0) is 27.2 Å². The van der Waals surface area contributed by atoms with Gasteiger partial charge in [-0.3, -0.25) is 9.59 Å². The molecule has 0 bridgehead atoms. The zero-order valence-corrected chi connectivity index (χ0v) is 11.9.